The van der Waals surface area contributed by atoms with Gasteiger partial charge in [0.25, 0.3) is 0 Å². The molecule has 6 heteroatoms. The maximum absolute atomic E-state index is 12.8. The molecule has 1 saturated heterocycles. The van der Waals surface area contributed by atoms with E-state index in [0.29, 0.717) is 19.1 Å². The van der Waals surface area contributed by atoms with Gasteiger partial charge in [0.05, 0.1) is 31.1 Å². The molecule has 0 aromatic heterocycles. The summed E-state index contributed by atoms with van der Waals surface area (Å²) >= 11 is 0. The molecule has 2 N–H and O–H groups in total. The van der Waals surface area contributed by atoms with Crippen LogP contribution in [0.4, 0.5) is 11.4 Å². The topological polar surface area (TPSA) is 62.8 Å². The minimum atomic E-state index is -0.0355. The van der Waals surface area contributed by atoms with E-state index < -0.39 is 0 Å². The highest BCUT2D eigenvalue weighted by atomic mass is 16.5. The van der Waals surface area contributed by atoms with Gasteiger partial charge in [-0.1, -0.05) is 32.0 Å². The van der Waals surface area contributed by atoms with E-state index in [-0.39, 0.29) is 18.5 Å². The van der Waals surface area contributed by atoms with Gasteiger partial charge in [0, 0.05) is 25.6 Å². The van der Waals surface area contributed by atoms with Gasteiger partial charge in [-0.25, -0.2) is 0 Å². The number of nitrogens with zero attached hydrogens (tertiary/aromatic N) is 1. The van der Waals surface area contributed by atoms with Crippen LogP contribution in [-0.4, -0.2) is 38.8 Å². The minimum Gasteiger partial charge on any atom is -0.490 e. The third-order valence-corrected chi connectivity index (χ3v) is 5.90. The first-order chi connectivity index (χ1) is 15.1. The van der Waals surface area contributed by atoms with Crippen molar-refractivity contribution in [3.05, 3.63) is 48.0 Å². The Labute approximate surface area is 184 Å². The Bertz CT molecular complexity index is 893. The molecular weight excluding hydrogens is 390 g/mol. The molecule has 2 aromatic rings. The van der Waals surface area contributed by atoms with Crippen LogP contribution in [0.3, 0.4) is 0 Å². The molecule has 31 heavy (non-hydrogen) atoms. The molecule has 1 amide bonds. The third-order valence-electron chi connectivity index (χ3n) is 5.90. The number of rotatable bonds is 7. The van der Waals surface area contributed by atoms with Gasteiger partial charge in [-0.2, -0.15) is 0 Å². The Morgan fingerprint density at radius 2 is 1.74 bits per heavy atom. The lowest BCUT2D eigenvalue weighted by Gasteiger charge is -2.24. The first-order valence-electron chi connectivity index (χ1n) is 11.4. The van der Waals surface area contributed by atoms with Gasteiger partial charge in [0.2, 0.25) is 5.91 Å². The van der Waals surface area contributed by atoms with Crippen molar-refractivity contribution in [2.45, 2.75) is 39.2 Å². The summed E-state index contributed by atoms with van der Waals surface area (Å²) < 4.78 is 11.6. The number of anilines is 2. The highest BCUT2D eigenvalue weighted by Gasteiger charge is 2.21. The smallest absolute Gasteiger partial charge is 0.238 e. The van der Waals surface area contributed by atoms with E-state index in [1.165, 1.54) is 12.8 Å². The summed E-state index contributed by atoms with van der Waals surface area (Å²) in [6, 6.07) is 14.2. The van der Waals surface area contributed by atoms with Crippen molar-refractivity contribution in [2.24, 2.45) is 5.92 Å². The Hall–Kier alpha value is -2.73. The molecule has 1 fully saturated rings. The van der Waals surface area contributed by atoms with Gasteiger partial charge in [-0.15, -0.1) is 0 Å². The number of nitrogens with one attached hydrogen (secondary N) is 2. The van der Waals surface area contributed by atoms with E-state index in [4.69, 9.17) is 9.47 Å². The van der Waals surface area contributed by atoms with Crippen LogP contribution in [0.1, 0.15) is 44.7 Å². The molecule has 166 valence electrons. The first-order valence-corrected chi connectivity index (χ1v) is 11.4. The van der Waals surface area contributed by atoms with E-state index >= 15 is 0 Å². The summed E-state index contributed by atoms with van der Waals surface area (Å²) in [5.74, 6) is 1.85. The second kappa shape index (κ2) is 10.1. The monoisotopic (exact) mass is 423 g/mol. The van der Waals surface area contributed by atoms with E-state index in [1.54, 1.807) is 0 Å². The zero-order valence-electron chi connectivity index (χ0n) is 18.5. The fourth-order valence-electron chi connectivity index (χ4n) is 4.32. The van der Waals surface area contributed by atoms with Crippen molar-refractivity contribution in [2.75, 3.05) is 43.1 Å². The van der Waals surface area contributed by atoms with Crippen molar-refractivity contribution in [1.29, 1.82) is 0 Å². The molecule has 1 atom stereocenters. The lowest BCUT2D eigenvalue weighted by Crippen LogP contribution is -2.34. The van der Waals surface area contributed by atoms with Crippen LogP contribution in [0.15, 0.2) is 42.5 Å². The maximum Gasteiger partial charge on any atom is 0.238 e. The molecule has 2 aliphatic heterocycles. The van der Waals surface area contributed by atoms with Gasteiger partial charge >= 0.3 is 0 Å². The van der Waals surface area contributed by atoms with Crippen molar-refractivity contribution in [1.82, 2.24) is 5.32 Å². The average Bonchev–Trinajstić information content (AvgIpc) is 3.19. The first kappa shape index (κ1) is 21.5. The van der Waals surface area contributed by atoms with Gasteiger partial charge in [-0.05, 0) is 48.6 Å². The Morgan fingerprint density at radius 1 is 1.00 bits per heavy atom. The SMILES string of the molecule is CC(C)[C@H](NCC(=O)Nc1ccccc1N1CCCC1)c1ccc2c(c1)OCCCO2. The van der Waals surface area contributed by atoms with Crippen LogP contribution in [0.2, 0.25) is 0 Å². The zero-order chi connectivity index (χ0) is 21.6. The molecule has 0 spiro atoms. The van der Waals surface area contributed by atoms with E-state index in [0.717, 1.165) is 47.9 Å². The maximum atomic E-state index is 12.8. The fraction of sp³-hybridized carbons (Fsp3) is 0.480. The summed E-state index contributed by atoms with van der Waals surface area (Å²) in [6.45, 7) is 7.98. The molecule has 0 bridgehead atoms. The van der Waals surface area contributed by atoms with E-state index in [1.807, 2.05) is 30.3 Å². The predicted molar refractivity (Wildman–Crippen MR) is 124 cm³/mol. The lowest BCUT2D eigenvalue weighted by molar-refractivity contribution is -0.115. The third kappa shape index (κ3) is 5.31. The van der Waals surface area contributed by atoms with Crippen LogP contribution < -0.4 is 25.0 Å². The number of fused-ring (bicyclic) bond motifs is 1. The summed E-state index contributed by atoms with van der Waals surface area (Å²) in [4.78, 5) is 15.1. The van der Waals surface area contributed by atoms with Gasteiger partial charge in [-0.3, -0.25) is 4.79 Å². The molecule has 0 unspecified atom stereocenters. The highest BCUT2D eigenvalue weighted by molar-refractivity contribution is 5.95. The number of benzene rings is 2. The summed E-state index contributed by atoms with van der Waals surface area (Å²) in [6.07, 6.45) is 3.29. The molecule has 2 aliphatic rings. The highest BCUT2D eigenvalue weighted by Crippen LogP contribution is 2.34. The van der Waals surface area contributed by atoms with Crippen LogP contribution in [0.25, 0.3) is 0 Å². The van der Waals surface area contributed by atoms with E-state index in [2.05, 4.69) is 41.5 Å². The Balaban J connectivity index is 1.41. The van der Waals surface area contributed by atoms with Gasteiger partial charge in [0.1, 0.15) is 0 Å². The van der Waals surface area contributed by atoms with Crippen LogP contribution in [0.5, 0.6) is 11.5 Å². The standard InChI is InChI=1S/C25H33N3O3/c1-18(2)25(19-10-11-22-23(16-19)31-15-7-14-30-22)26-17-24(29)27-20-8-3-4-9-21(20)28-12-5-6-13-28/h3-4,8-11,16,18,25-26H,5-7,12-15,17H2,1-2H3,(H,27,29)/t25-/m0/s1. The molecule has 2 heterocycles. The number of hydrogen-bond donors (Lipinski definition) is 2. The fourth-order valence-corrected chi connectivity index (χ4v) is 4.32. The van der Waals surface area contributed by atoms with Crippen molar-refractivity contribution in [3.8, 4) is 11.5 Å². The molecule has 4 rings (SSSR count). The molecule has 2 aromatic carbocycles. The molecule has 0 saturated carbocycles. The van der Waals surface area contributed by atoms with Crippen LogP contribution in [0, 0.1) is 5.92 Å². The number of ether oxygens (including phenoxy) is 2. The number of amides is 1. The number of hydrogen-bond acceptors (Lipinski definition) is 5. The summed E-state index contributed by atoms with van der Waals surface area (Å²) in [5, 5.41) is 6.55. The molecular formula is C25H33N3O3. The largest absolute Gasteiger partial charge is 0.490 e. The zero-order valence-corrected chi connectivity index (χ0v) is 18.5. The number of para-hydroxylation sites is 2. The Morgan fingerprint density at radius 3 is 2.52 bits per heavy atom. The molecule has 0 aliphatic carbocycles. The van der Waals surface area contributed by atoms with Crippen LogP contribution in [-0.2, 0) is 4.79 Å². The molecule has 6 nitrogen and oxygen atoms in total. The lowest BCUT2D eigenvalue weighted by atomic mass is 9.95. The summed E-state index contributed by atoms with van der Waals surface area (Å²) in [7, 11) is 0. The number of carbonyl (C=O) groups excluding carboxylic acids is 1. The van der Waals surface area contributed by atoms with Gasteiger partial charge in [0.15, 0.2) is 11.5 Å². The normalized spacial score (nSPS) is 16.8. The van der Waals surface area contributed by atoms with Crippen LogP contribution >= 0.6 is 0 Å². The molecule has 0 radical (unpaired) electrons. The van der Waals surface area contributed by atoms with Crippen molar-refractivity contribution in [3.63, 3.8) is 0 Å². The second-order valence-corrected chi connectivity index (χ2v) is 8.62. The predicted octanol–water partition coefficient (Wildman–Crippen LogP) is 4.37. The summed E-state index contributed by atoms with van der Waals surface area (Å²) in [5.41, 5.74) is 3.09. The Kier molecular flexibility index (Phi) is 6.97. The van der Waals surface area contributed by atoms with Crippen molar-refractivity contribution >= 4 is 17.3 Å². The number of carbonyl (C=O) groups is 1. The quantitative estimate of drug-likeness (QED) is 0.692. The average molecular weight is 424 g/mol. The minimum absolute atomic E-state index is 0.0355. The van der Waals surface area contributed by atoms with Crippen molar-refractivity contribution < 1.29 is 14.3 Å². The second-order valence-electron chi connectivity index (χ2n) is 8.62. The van der Waals surface area contributed by atoms with Gasteiger partial charge < -0.3 is 25.0 Å². The van der Waals surface area contributed by atoms with E-state index in [9.17, 15) is 4.79 Å².